The third kappa shape index (κ3) is 5.10. The average molecular weight is 418 g/mol. The maximum absolute atomic E-state index is 12.9. The highest BCUT2D eigenvalue weighted by Crippen LogP contribution is 2.31. The van der Waals surface area contributed by atoms with E-state index in [1.54, 1.807) is 11.3 Å². The number of aryl methyl sites for hydroxylation is 1. The lowest BCUT2D eigenvalue weighted by Crippen LogP contribution is -2.34. The van der Waals surface area contributed by atoms with Crippen LogP contribution in [-0.4, -0.2) is 35.4 Å². The molecule has 2 N–H and O–H groups in total. The second-order valence-electron chi connectivity index (χ2n) is 6.63. The van der Waals surface area contributed by atoms with Crippen LogP contribution in [0.1, 0.15) is 34.4 Å². The standard InChI is InChI=1S/C18H23N3O2S.2ClH/c1-13-20-14(10-24-13)9-23-16-6-4-3-5-15(16)17(22)21-8-7-18(2,11-19)12-21;;/h3-6,10H,7-9,11-12,19H2,1-2H3;2*1H. The van der Waals surface area contributed by atoms with E-state index >= 15 is 0 Å². The highest BCUT2D eigenvalue weighted by atomic mass is 35.5. The summed E-state index contributed by atoms with van der Waals surface area (Å²) in [6.45, 7) is 6.50. The molecule has 1 aromatic carbocycles. The van der Waals surface area contributed by atoms with Gasteiger partial charge in [-0.1, -0.05) is 19.1 Å². The van der Waals surface area contributed by atoms with Gasteiger partial charge in [-0.15, -0.1) is 36.2 Å². The van der Waals surface area contributed by atoms with Gasteiger partial charge in [-0.2, -0.15) is 0 Å². The Kier molecular flexibility index (Phi) is 8.34. The summed E-state index contributed by atoms with van der Waals surface area (Å²) in [5.74, 6) is 0.617. The number of thiazole rings is 1. The maximum atomic E-state index is 12.9. The van der Waals surface area contributed by atoms with E-state index in [1.807, 2.05) is 41.5 Å². The molecular formula is C18H25Cl2N3O2S. The molecule has 8 heteroatoms. The van der Waals surface area contributed by atoms with Crippen LogP contribution < -0.4 is 10.5 Å². The zero-order valence-electron chi connectivity index (χ0n) is 14.9. The molecule has 1 unspecified atom stereocenters. The van der Waals surface area contributed by atoms with Crippen LogP contribution in [0.25, 0.3) is 0 Å². The number of carbonyl (C=O) groups is 1. The van der Waals surface area contributed by atoms with Gasteiger partial charge in [0.05, 0.1) is 16.3 Å². The number of nitrogens with zero attached hydrogens (tertiary/aromatic N) is 2. The molecule has 1 fully saturated rings. The van der Waals surface area contributed by atoms with Gasteiger partial charge < -0.3 is 15.4 Å². The fraction of sp³-hybridized carbons (Fsp3) is 0.444. The summed E-state index contributed by atoms with van der Waals surface area (Å²) in [5, 5.41) is 2.99. The summed E-state index contributed by atoms with van der Waals surface area (Å²) in [6.07, 6.45) is 0.941. The number of nitrogens with two attached hydrogens (primary N) is 1. The molecular weight excluding hydrogens is 393 g/mol. The first-order valence-corrected chi connectivity index (χ1v) is 9.01. The number of ether oxygens (including phenoxy) is 1. The van der Waals surface area contributed by atoms with Crippen LogP contribution in [0.3, 0.4) is 0 Å². The summed E-state index contributed by atoms with van der Waals surface area (Å²) in [6, 6.07) is 7.41. The second kappa shape index (κ2) is 9.55. The predicted octanol–water partition coefficient (Wildman–Crippen LogP) is 3.69. The van der Waals surface area contributed by atoms with E-state index in [1.165, 1.54) is 0 Å². The first-order chi connectivity index (χ1) is 11.5. The number of rotatable bonds is 5. The van der Waals surface area contributed by atoms with E-state index < -0.39 is 0 Å². The fourth-order valence-corrected chi connectivity index (χ4v) is 3.53. The molecule has 3 rings (SSSR count). The van der Waals surface area contributed by atoms with Gasteiger partial charge in [0.25, 0.3) is 5.91 Å². The summed E-state index contributed by atoms with van der Waals surface area (Å²) in [4.78, 5) is 19.1. The molecule has 1 aromatic heterocycles. The molecule has 1 atom stereocenters. The number of aromatic nitrogens is 1. The second-order valence-corrected chi connectivity index (χ2v) is 7.70. The third-order valence-electron chi connectivity index (χ3n) is 4.50. The molecule has 1 aliphatic rings. The molecule has 26 heavy (non-hydrogen) atoms. The van der Waals surface area contributed by atoms with Crippen LogP contribution >= 0.6 is 36.2 Å². The molecule has 144 valence electrons. The van der Waals surface area contributed by atoms with E-state index in [9.17, 15) is 4.79 Å². The lowest BCUT2D eigenvalue weighted by molar-refractivity contribution is 0.0772. The van der Waals surface area contributed by atoms with Crippen molar-refractivity contribution in [1.82, 2.24) is 9.88 Å². The molecule has 2 aromatic rings. The van der Waals surface area contributed by atoms with Crippen LogP contribution in [0.5, 0.6) is 5.75 Å². The molecule has 0 saturated carbocycles. The van der Waals surface area contributed by atoms with Crippen LogP contribution in [0.2, 0.25) is 0 Å². The van der Waals surface area contributed by atoms with E-state index in [-0.39, 0.29) is 36.1 Å². The topological polar surface area (TPSA) is 68.5 Å². The lowest BCUT2D eigenvalue weighted by Gasteiger charge is -2.23. The summed E-state index contributed by atoms with van der Waals surface area (Å²) in [7, 11) is 0. The number of likely N-dealkylation sites (tertiary alicyclic amines) is 1. The van der Waals surface area contributed by atoms with Crippen molar-refractivity contribution >= 4 is 42.1 Å². The van der Waals surface area contributed by atoms with Gasteiger partial charge in [-0.25, -0.2) is 4.98 Å². The van der Waals surface area contributed by atoms with Gasteiger partial charge in [0.15, 0.2) is 0 Å². The minimum atomic E-state index is 0. The minimum absolute atomic E-state index is 0. The largest absolute Gasteiger partial charge is 0.486 e. The number of amides is 1. The molecule has 5 nitrogen and oxygen atoms in total. The molecule has 0 bridgehead atoms. The van der Waals surface area contributed by atoms with Gasteiger partial charge in [-0.05, 0) is 37.4 Å². The highest BCUT2D eigenvalue weighted by molar-refractivity contribution is 7.09. The monoisotopic (exact) mass is 417 g/mol. The first-order valence-electron chi connectivity index (χ1n) is 8.13. The first kappa shape index (κ1) is 22.7. The fourth-order valence-electron chi connectivity index (χ4n) is 2.93. The average Bonchev–Trinajstić information content (AvgIpc) is 3.19. The Hall–Kier alpha value is -1.34. The number of hydrogen-bond acceptors (Lipinski definition) is 5. The number of hydrogen-bond donors (Lipinski definition) is 1. The smallest absolute Gasteiger partial charge is 0.257 e. The van der Waals surface area contributed by atoms with Gasteiger partial charge in [0, 0.05) is 18.5 Å². The summed E-state index contributed by atoms with van der Waals surface area (Å²) in [5.41, 5.74) is 7.35. The predicted molar refractivity (Wildman–Crippen MR) is 110 cm³/mol. The molecule has 1 amide bonds. The Balaban J connectivity index is 0.00000169. The highest BCUT2D eigenvalue weighted by Gasteiger charge is 2.35. The van der Waals surface area contributed by atoms with Crippen LogP contribution in [0.4, 0.5) is 0 Å². The van der Waals surface area contributed by atoms with Crippen molar-refractivity contribution in [3.63, 3.8) is 0 Å². The van der Waals surface area contributed by atoms with Crippen molar-refractivity contribution in [2.75, 3.05) is 19.6 Å². The Morgan fingerprint density at radius 1 is 1.38 bits per heavy atom. The van der Waals surface area contributed by atoms with Gasteiger partial charge in [0.1, 0.15) is 12.4 Å². The minimum Gasteiger partial charge on any atom is -0.486 e. The van der Waals surface area contributed by atoms with Crippen molar-refractivity contribution < 1.29 is 9.53 Å². The molecule has 0 radical (unpaired) electrons. The number of benzene rings is 1. The molecule has 1 aliphatic heterocycles. The van der Waals surface area contributed by atoms with Crippen molar-refractivity contribution in [3.05, 3.63) is 45.9 Å². The Morgan fingerprint density at radius 2 is 2.12 bits per heavy atom. The number of halogens is 2. The zero-order chi connectivity index (χ0) is 17.2. The quantitative estimate of drug-likeness (QED) is 0.804. The lowest BCUT2D eigenvalue weighted by atomic mass is 9.90. The van der Waals surface area contributed by atoms with E-state index in [2.05, 4.69) is 11.9 Å². The van der Waals surface area contributed by atoms with Crippen molar-refractivity contribution in [1.29, 1.82) is 0 Å². The maximum Gasteiger partial charge on any atom is 0.257 e. The third-order valence-corrected chi connectivity index (χ3v) is 5.32. The summed E-state index contributed by atoms with van der Waals surface area (Å²) < 4.78 is 5.87. The van der Waals surface area contributed by atoms with Gasteiger partial charge in [0.2, 0.25) is 0 Å². The van der Waals surface area contributed by atoms with E-state index in [0.717, 1.165) is 23.7 Å². The van der Waals surface area contributed by atoms with Gasteiger partial charge in [-0.3, -0.25) is 4.79 Å². The molecule has 0 spiro atoms. The number of carbonyl (C=O) groups excluding carboxylic acids is 1. The Bertz CT molecular complexity index is 741. The van der Waals surface area contributed by atoms with Crippen molar-refractivity contribution in [2.45, 2.75) is 26.9 Å². The van der Waals surface area contributed by atoms with E-state index in [0.29, 0.717) is 31.0 Å². The van der Waals surface area contributed by atoms with Gasteiger partial charge >= 0.3 is 0 Å². The zero-order valence-corrected chi connectivity index (χ0v) is 17.4. The van der Waals surface area contributed by atoms with Crippen LogP contribution in [0, 0.1) is 12.3 Å². The Morgan fingerprint density at radius 3 is 2.73 bits per heavy atom. The molecule has 0 aliphatic carbocycles. The van der Waals surface area contributed by atoms with E-state index in [4.69, 9.17) is 10.5 Å². The normalized spacial score (nSPS) is 18.8. The van der Waals surface area contributed by atoms with Crippen LogP contribution in [0.15, 0.2) is 29.6 Å². The van der Waals surface area contributed by atoms with Crippen molar-refractivity contribution in [3.8, 4) is 5.75 Å². The SMILES string of the molecule is Cc1nc(COc2ccccc2C(=O)N2CCC(C)(CN)C2)cs1.Cl.Cl. The van der Waals surface area contributed by atoms with Crippen LogP contribution in [-0.2, 0) is 6.61 Å². The number of para-hydroxylation sites is 1. The molecule has 2 heterocycles. The Labute approximate surface area is 170 Å². The molecule has 1 saturated heterocycles. The van der Waals surface area contributed by atoms with Crippen molar-refractivity contribution in [2.24, 2.45) is 11.1 Å². The summed E-state index contributed by atoms with van der Waals surface area (Å²) >= 11 is 1.59.